The standard InChI is InChI=1S/C50H54N2O6Si/c1-34(29-35-15-14-18-40(54)30-35)23-28-45(55)46-36(33-58-59(50(2,3)4,41-19-10-6-11-20-41)42-21-12-7-13-22-42)31-43-47(44(46)32-53)49(57)52(48(43)56)39-26-24-38(25-27-39)51-37-16-8-5-9-17-37/h5-22,24-27,29-30,43-45,47,51,53-55H,23,28,31-33H2,1-4H3/b34-29+/t43-,44+,45-,47-/m1/s1. The van der Waals surface area contributed by atoms with Crippen molar-refractivity contribution in [2.45, 2.75) is 58.1 Å². The smallest absolute Gasteiger partial charge is 0.261 e. The Morgan fingerprint density at radius 1 is 0.831 bits per heavy atom. The number of nitrogens with one attached hydrogen (secondary N) is 1. The maximum Gasteiger partial charge on any atom is 0.261 e. The Morgan fingerprint density at radius 3 is 2.00 bits per heavy atom. The number of para-hydroxylation sites is 1. The lowest BCUT2D eigenvalue weighted by atomic mass is 9.68. The summed E-state index contributed by atoms with van der Waals surface area (Å²) in [6.07, 6.45) is 2.04. The van der Waals surface area contributed by atoms with Crippen LogP contribution in [0.15, 0.2) is 156 Å². The molecule has 0 radical (unpaired) electrons. The van der Waals surface area contributed by atoms with Crippen molar-refractivity contribution in [1.82, 2.24) is 0 Å². The molecule has 0 spiro atoms. The van der Waals surface area contributed by atoms with Gasteiger partial charge in [-0.15, -0.1) is 0 Å². The number of phenols is 1. The molecule has 1 fully saturated rings. The van der Waals surface area contributed by atoms with E-state index in [9.17, 15) is 24.9 Å². The predicted octanol–water partition coefficient (Wildman–Crippen LogP) is 8.37. The number of imide groups is 1. The van der Waals surface area contributed by atoms with Crippen molar-refractivity contribution in [1.29, 1.82) is 0 Å². The van der Waals surface area contributed by atoms with Crippen molar-refractivity contribution in [2.75, 3.05) is 23.4 Å². The number of carbonyl (C=O) groups is 2. The zero-order chi connectivity index (χ0) is 41.7. The fourth-order valence-corrected chi connectivity index (χ4v) is 13.7. The third-order valence-corrected chi connectivity index (χ3v) is 16.9. The maximum absolute atomic E-state index is 14.5. The first-order chi connectivity index (χ1) is 28.4. The van der Waals surface area contributed by atoms with E-state index in [4.69, 9.17) is 4.43 Å². The van der Waals surface area contributed by atoms with E-state index in [0.29, 0.717) is 24.1 Å². The van der Waals surface area contributed by atoms with Gasteiger partial charge in [-0.3, -0.25) is 14.5 Å². The molecule has 0 aromatic heterocycles. The minimum absolute atomic E-state index is 0.124. The number of aliphatic hydroxyl groups is 2. The molecule has 1 heterocycles. The average molecular weight is 807 g/mol. The van der Waals surface area contributed by atoms with Crippen molar-refractivity contribution in [2.24, 2.45) is 17.8 Å². The number of benzene rings is 5. The van der Waals surface area contributed by atoms with E-state index in [1.54, 1.807) is 30.3 Å². The van der Waals surface area contributed by atoms with Gasteiger partial charge >= 0.3 is 0 Å². The number of carbonyl (C=O) groups excluding carboxylic acids is 2. The van der Waals surface area contributed by atoms with Gasteiger partial charge in [-0.25, -0.2) is 0 Å². The molecule has 8 nitrogen and oxygen atoms in total. The number of anilines is 3. The van der Waals surface area contributed by atoms with E-state index < -0.39 is 38.8 Å². The third kappa shape index (κ3) is 8.61. The number of fused-ring (bicyclic) bond motifs is 1. The van der Waals surface area contributed by atoms with Crippen LogP contribution in [0.1, 0.15) is 52.5 Å². The first-order valence-electron chi connectivity index (χ1n) is 20.4. The van der Waals surface area contributed by atoms with Crippen molar-refractivity contribution in [3.8, 4) is 5.75 Å². The fraction of sp³-hybridized carbons (Fsp3) is 0.280. The largest absolute Gasteiger partial charge is 0.508 e. The molecule has 0 unspecified atom stereocenters. The Hall–Kier alpha value is -5.58. The molecule has 1 saturated heterocycles. The second kappa shape index (κ2) is 17.7. The molecule has 2 aliphatic rings. The van der Waals surface area contributed by atoms with Crippen LogP contribution >= 0.6 is 0 Å². The highest BCUT2D eigenvalue weighted by molar-refractivity contribution is 6.99. The molecule has 4 N–H and O–H groups in total. The third-order valence-electron chi connectivity index (χ3n) is 11.9. The van der Waals surface area contributed by atoms with Crippen molar-refractivity contribution in [3.63, 3.8) is 0 Å². The number of aromatic hydroxyl groups is 1. The van der Waals surface area contributed by atoms with Gasteiger partial charge in [0, 0.05) is 17.3 Å². The molecule has 7 rings (SSSR count). The summed E-state index contributed by atoms with van der Waals surface area (Å²) in [5, 5.41) is 38.7. The van der Waals surface area contributed by atoms with Crippen LogP contribution in [0.4, 0.5) is 17.1 Å². The summed E-state index contributed by atoms with van der Waals surface area (Å²) in [6.45, 7) is 8.30. The molecular formula is C50H54N2O6Si. The molecule has 0 saturated carbocycles. The first kappa shape index (κ1) is 41.6. The zero-order valence-corrected chi connectivity index (χ0v) is 35.2. The van der Waals surface area contributed by atoms with Gasteiger partial charge in [0.05, 0.1) is 36.8 Å². The van der Waals surface area contributed by atoms with Crippen LogP contribution in [0.5, 0.6) is 5.75 Å². The van der Waals surface area contributed by atoms with E-state index in [1.165, 1.54) is 4.90 Å². The fourth-order valence-electron chi connectivity index (χ4n) is 9.18. The van der Waals surface area contributed by atoms with Gasteiger partial charge in [0.25, 0.3) is 8.32 Å². The summed E-state index contributed by atoms with van der Waals surface area (Å²) in [4.78, 5) is 30.3. The number of nitrogens with zero attached hydrogens (tertiary/aromatic N) is 1. The van der Waals surface area contributed by atoms with Crippen LogP contribution in [0.25, 0.3) is 6.08 Å². The topological polar surface area (TPSA) is 119 Å². The molecule has 5 aromatic rings. The van der Waals surface area contributed by atoms with Gasteiger partial charge in [-0.2, -0.15) is 0 Å². The number of amides is 2. The summed E-state index contributed by atoms with van der Waals surface area (Å²) in [6, 6.07) is 44.6. The Morgan fingerprint density at radius 2 is 1.42 bits per heavy atom. The monoisotopic (exact) mass is 806 g/mol. The lowest BCUT2D eigenvalue weighted by Gasteiger charge is -2.44. The molecule has 4 atom stereocenters. The Kier molecular flexibility index (Phi) is 12.5. The van der Waals surface area contributed by atoms with Crippen LogP contribution in [0.3, 0.4) is 0 Å². The summed E-state index contributed by atoms with van der Waals surface area (Å²) in [5.74, 6) is -2.89. The van der Waals surface area contributed by atoms with Gasteiger partial charge in [0.15, 0.2) is 0 Å². The van der Waals surface area contributed by atoms with Crippen molar-refractivity contribution in [3.05, 3.63) is 162 Å². The Balaban J connectivity index is 1.25. The molecule has 304 valence electrons. The molecule has 2 amide bonds. The predicted molar refractivity (Wildman–Crippen MR) is 238 cm³/mol. The van der Waals surface area contributed by atoms with E-state index in [-0.39, 0.29) is 35.6 Å². The van der Waals surface area contributed by atoms with Gasteiger partial charge in [-0.05, 0) is 107 Å². The molecule has 5 aromatic carbocycles. The second-order valence-corrected chi connectivity index (χ2v) is 21.1. The van der Waals surface area contributed by atoms with Crippen molar-refractivity contribution < 1.29 is 29.3 Å². The minimum Gasteiger partial charge on any atom is -0.508 e. The number of allylic oxidation sites excluding steroid dienone is 1. The first-order valence-corrected chi connectivity index (χ1v) is 22.3. The zero-order valence-electron chi connectivity index (χ0n) is 34.2. The Bertz CT molecular complexity index is 2270. The van der Waals surface area contributed by atoms with Crippen LogP contribution in [-0.4, -0.2) is 54.8 Å². The van der Waals surface area contributed by atoms with E-state index in [2.05, 4.69) is 50.4 Å². The van der Waals surface area contributed by atoms with Crippen LogP contribution < -0.4 is 20.6 Å². The number of rotatable bonds is 14. The lowest BCUT2D eigenvalue weighted by Crippen LogP contribution is -2.66. The van der Waals surface area contributed by atoms with Crippen LogP contribution in [0.2, 0.25) is 5.04 Å². The molecule has 0 bridgehead atoms. The highest BCUT2D eigenvalue weighted by atomic mass is 28.4. The number of aliphatic hydroxyl groups excluding tert-OH is 2. The molecule has 1 aliphatic heterocycles. The van der Waals surface area contributed by atoms with E-state index in [0.717, 1.165) is 38.5 Å². The van der Waals surface area contributed by atoms with Gasteiger partial charge in [-0.1, -0.05) is 123 Å². The quantitative estimate of drug-likeness (QED) is 0.0506. The second-order valence-electron chi connectivity index (χ2n) is 16.8. The Labute approximate surface area is 348 Å². The lowest BCUT2D eigenvalue weighted by molar-refractivity contribution is -0.123. The van der Waals surface area contributed by atoms with Crippen LogP contribution in [-0.2, 0) is 14.0 Å². The minimum atomic E-state index is -3.05. The number of hydrogen-bond acceptors (Lipinski definition) is 7. The average Bonchev–Trinajstić information content (AvgIpc) is 3.48. The molecular weight excluding hydrogens is 753 g/mol. The number of hydrogen-bond donors (Lipinski definition) is 4. The van der Waals surface area contributed by atoms with Gasteiger partial charge in [0.2, 0.25) is 11.8 Å². The number of phenolic OH excluding ortho intramolecular Hbond substituents is 1. The van der Waals surface area contributed by atoms with Gasteiger partial charge in [0.1, 0.15) is 5.75 Å². The highest BCUT2D eigenvalue weighted by Gasteiger charge is 2.56. The molecule has 59 heavy (non-hydrogen) atoms. The highest BCUT2D eigenvalue weighted by Crippen LogP contribution is 2.48. The molecule has 9 heteroatoms. The summed E-state index contributed by atoms with van der Waals surface area (Å²) < 4.78 is 7.42. The SMILES string of the molecule is C/C(=C\c1cccc(O)c1)CC[C@@H](O)C1=C(CO[Si](c2ccccc2)(c2ccccc2)C(C)(C)C)C[C@H]2C(=O)N(c3ccc(Nc4ccccc4)cc3)C(=O)[C@H]2[C@H]1CO. The molecule has 1 aliphatic carbocycles. The van der Waals surface area contributed by atoms with E-state index in [1.807, 2.05) is 97.9 Å². The van der Waals surface area contributed by atoms with Crippen molar-refractivity contribution >= 4 is 53.6 Å². The summed E-state index contributed by atoms with van der Waals surface area (Å²) >= 11 is 0. The van der Waals surface area contributed by atoms with Crippen LogP contribution in [0, 0.1) is 17.8 Å². The summed E-state index contributed by atoms with van der Waals surface area (Å²) in [5.41, 5.74) is 5.38. The van der Waals surface area contributed by atoms with Gasteiger partial charge < -0.3 is 25.1 Å². The summed E-state index contributed by atoms with van der Waals surface area (Å²) in [7, 11) is -3.05. The van der Waals surface area contributed by atoms with E-state index >= 15 is 0 Å². The normalized spacial score (nSPS) is 19.2. The maximum atomic E-state index is 14.5.